The average Bonchev–Trinajstić information content (AvgIpc) is 2.99. The van der Waals surface area contributed by atoms with Crippen LogP contribution in [0.3, 0.4) is 0 Å². The maximum atomic E-state index is 12.3. The van der Waals surface area contributed by atoms with E-state index in [1.165, 1.54) is 0 Å². The first-order valence-corrected chi connectivity index (χ1v) is 8.74. The van der Waals surface area contributed by atoms with Gasteiger partial charge in [0.25, 0.3) is 5.91 Å². The number of esters is 1. The van der Waals surface area contributed by atoms with Crippen LogP contribution in [-0.2, 0) is 25.5 Å². The maximum absolute atomic E-state index is 12.3. The summed E-state index contributed by atoms with van der Waals surface area (Å²) >= 11 is 0. The summed E-state index contributed by atoms with van der Waals surface area (Å²) in [6.07, 6.45) is 0.926. The number of hydrogen-bond acceptors (Lipinski definition) is 4. The molecule has 6 heteroatoms. The van der Waals surface area contributed by atoms with E-state index in [1.54, 1.807) is 4.90 Å². The van der Waals surface area contributed by atoms with Crippen molar-refractivity contribution in [2.75, 3.05) is 24.6 Å². The molecule has 1 fully saturated rings. The number of ether oxygens (including phenoxy) is 1. The predicted octanol–water partition coefficient (Wildman–Crippen LogP) is 1.92. The Kier molecular flexibility index (Phi) is 6.56. The smallest absolute Gasteiger partial charge is 0.311 e. The quantitative estimate of drug-likeness (QED) is 0.765. The van der Waals surface area contributed by atoms with Crippen molar-refractivity contribution in [3.05, 3.63) is 29.8 Å². The Morgan fingerprint density at radius 2 is 2.04 bits per heavy atom. The van der Waals surface area contributed by atoms with Crippen molar-refractivity contribution in [3.8, 4) is 0 Å². The van der Waals surface area contributed by atoms with Crippen LogP contribution in [0.1, 0.15) is 32.8 Å². The first-order valence-electron chi connectivity index (χ1n) is 8.74. The van der Waals surface area contributed by atoms with Gasteiger partial charge >= 0.3 is 5.97 Å². The Morgan fingerprint density at radius 1 is 1.32 bits per heavy atom. The van der Waals surface area contributed by atoms with Crippen molar-refractivity contribution in [2.24, 2.45) is 11.8 Å². The Labute approximate surface area is 148 Å². The van der Waals surface area contributed by atoms with Crippen LogP contribution in [0.5, 0.6) is 0 Å². The summed E-state index contributed by atoms with van der Waals surface area (Å²) < 4.78 is 5.08. The molecule has 1 aromatic carbocycles. The van der Waals surface area contributed by atoms with Crippen molar-refractivity contribution in [2.45, 2.75) is 33.6 Å². The molecule has 136 valence electrons. The molecule has 1 atom stereocenters. The van der Waals surface area contributed by atoms with Gasteiger partial charge < -0.3 is 15.0 Å². The fourth-order valence-electron chi connectivity index (χ4n) is 2.79. The summed E-state index contributed by atoms with van der Waals surface area (Å²) in [6.45, 7) is 6.53. The van der Waals surface area contributed by atoms with Crippen LogP contribution < -0.4 is 10.2 Å². The van der Waals surface area contributed by atoms with Crippen molar-refractivity contribution >= 4 is 23.5 Å². The van der Waals surface area contributed by atoms with Gasteiger partial charge in [-0.3, -0.25) is 14.4 Å². The Morgan fingerprint density at radius 3 is 2.72 bits per heavy atom. The standard InChI is InChI=1S/C19H26N2O4/c1-4-14-7-5-6-8-16(14)21-11-15(9-18(21)23)19(24)25-12-17(22)20-10-13(2)3/h5-8,13,15H,4,9-12H2,1-3H3,(H,20,22)/t15-/m0/s1. The molecule has 1 N–H and O–H groups in total. The molecule has 0 spiro atoms. The van der Waals surface area contributed by atoms with Crippen molar-refractivity contribution < 1.29 is 19.1 Å². The lowest BCUT2D eigenvalue weighted by atomic mass is 10.1. The van der Waals surface area contributed by atoms with E-state index in [4.69, 9.17) is 4.74 Å². The maximum Gasteiger partial charge on any atom is 0.311 e. The van der Waals surface area contributed by atoms with E-state index >= 15 is 0 Å². The van der Waals surface area contributed by atoms with Crippen molar-refractivity contribution in [3.63, 3.8) is 0 Å². The summed E-state index contributed by atoms with van der Waals surface area (Å²) in [5, 5.41) is 2.69. The van der Waals surface area contributed by atoms with E-state index in [0.717, 1.165) is 17.7 Å². The van der Waals surface area contributed by atoms with Crippen LogP contribution >= 0.6 is 0 Å². The van der Waals surface area contributed by atoms with Gasteiger partial charge in [0, 0.05) is 25.2 Å². The second kappa shape index (κ2) is 8.65. The van der Waals surface area contributed by atoms with Gasteiger partial charge in [-0.25, -0.2) is 0 Å². The molecule has 0 saturated carbocycles. The number of nitrogens with one attached hydrogen (secondary N) is 1. The number of amides is 2. The molecule has 1 aliphatic heterocycles. The number of carbonyl (C=O) groups excluding carboxylic acids is 3. The molecule has 1 saturated heterocycles. The normalized spacial score (nSPS) is 17.0. The molecule has 2 rings (SSSR count). The van der Waals surface area contributed by atoms with Gasteiger partial charge in [0.1, 0.15) is 0 Å². The zero-order valence-corrected chi connectivity index (χ0v) is 15.1. The van der Waals surface area contributed by atoms with Gasteiger partial charge in [0.15, 0.2) is 6.61 Å². The Balaban J connectivity index is 1.91. The molecule has 1 heterocycles. The molecular weight excluding hydrogens is 320 g/mol. The lowest BCUT2D eigenvalue weighted by Gasteiger charge is -2.19. The van der Waals surface area contributed by atoms with E-state index in [0.29, 0.717) is 19.0 Å². The lowest BCUT2D eigenvalue weighted by Crippen LogP contribution is -2.33. The molecule has 0 radical (unpaired) electrons. The third kappa shape index (κ3) is 5.05. The van der Waals surface area contributed by atoms with E-state index in [1.807, 2.05) is 45.0 Å². The van der Waals surface area contributed by atoms with E-state index < -0.39 is 11.9 Å². The highest BCUT2D eigenvalue weighted by Crippen LogP contribution is 2.29. The van der Waals surface area contributed by atoms with Crippen molar-refractivity contribution in [1.82, 2.24) is 5.32 Å². The molecule has 0 bridgehead atoms. The van der Waals surface area contributed by atoms with Gasteiger partial charge in [-0.15, -0.1) is 0 Å². The summed E-state index contributed by atoms with van der Waals surface area (Å²) in [4.78, 5) is 37.8. The molecule has 0 aromatic heterocycles. The largest absolute Gasteiger partial charge is 0.455 e. The fourth-order valence-corrected chi connectivity index (χ4v) is 2.79. The number of anilines is 1. The minimum atomic E-state index is -0.532. The first-order chi connectivity index (χ1) is 11.9. The van der Waals surface area contributed by atoms with E-state index in [9.17, 15) is 14.4 Å². The third-order valence-corrected chi connectivity index (χ3v) is 4.17. The van der Waals surface area contributed by atoms with Crippen LogP contribution in [0, 0.1) is 11.8 Å². The molecule has 0 aliphatic carbocycles. The van der Waals surface area contributed by atoms with Crippen LogP contribution in [0.15, 0.2) is 24.3 Å². The molecule has 25 heavy (non-hydrogen) atoms. The third-order valence-electron chi connectivity index (χ3n) is 4.17. The zero-order chi connectivity index (χ0) is 18.4. The van der Waals surface area contributed by atoms with Gasteiger partial charge in [-0.05, 0) is 24.0 Å². The summed E-state index contributed by atoms with van der Waals surface area (Å²) in [6, 6.07) is 7.69. The monoisotopic (exact) mass is 346 g/mol. The van der Waals surface area contributed by atoms with E-state index in [2.05, 4.69) is 5.32 Å². The number of benzene rings is 1. The number of carbonyl (C=O) groups is 3. The second-order valence-electron chi connectivity index (χ2n) is 6.69. The van der Waals surface area contributed by atoms with Crippen LogP contribution in [0.4, 0.5) is 5.69 Å². The molecule has 0 unspecified atom stereocenters. The minimum absolute atomic E-state index is 0.0906. The van der Waals surface area contributed by atoms with Crippen LogP contribution in [0.25, 0.3) is 0 Å². The predicted molar refractivity (Wildman–Crippen MR) is 95.1 cm³/mol. The topological polar surface area (TPSA) is 75.7 Å². The molecule has 2 amide bonds. The van der Waals surface area contributed by atoms with Gasteiger partial charge in [-0.2, -0.15) is 0 Å². The Hall–Kier alpha value is -2.37. The summed E-state index contributed by atoms with van der Waals surface area (Å²) in [7, 11) is 0. The highest BCUT2D eigenvalue weighted by atomic mass is 16.5. The average molecular weight is 346 g/mol. The summed E-state index contributed by atoms with van der Waals surface area (Å²) in [5.74, 6) is -1.11. The minimum Gasteiger partial charge on any atom is -0.455 e. The highest BCUT2D eigenvalue weighted by molar-refractivity contribution is 6.00. The highest BCUT2D eigenvalue weighted by Gasteiger charge is 2.36. The van der Waals surface area contributed by atoms with Crippen LogP contribution in [-0.4, -0.2) is 37.5 Å². The number of nitrogens with zero attached hydrogens (tertiary/aromatic N) is 1. The number of para-hydroxylation sites is 1. The molecule has 1 aromatic rings. The van der Waals surface area contributed by atoms with E-state index in [-0.39, 0.29) is 24.8 Å². The molecule has 1 aliphatic rings. The van der Waals surface area contributed by atoms with Gasteiger partial charge in [0.2, 0.25) is 5.91 Å². The zero-order valence-electron chi connectivity index (χ0n) is 15.1. The number of hydrogen-bond donors (Lipinski definition) is 1. The number of aryl methyl sites for hydroxylation is 1. The molecular formula is C19H26N2O4. The second-order valence-corrected chi connectivity index (χ2v) is 6.69. The Bertz CT molecular complexity index is 642. The van der Waals surface area contributed by atoms with Crippen LogP contribution in [0.2, 0.25) is 0 Å². The number of rotatable bonds is 7. The summed E-state index contributed by atoms with van der Waals surface area (Å²) in [5.41, 5.74) is 1.91. The molecule has 6 nitrogen and oxygen atoms in total. The van der Waals surface area contributed by atoms with Gasteiger partial charge in [-0.1, -0.05) is 39.0 Å². The van der Waals surface area contributed by atoms with Gasteiger partial charge in [0.05, 0.1) is 5.92 Å². The fraction of sp³-hybridized carbons (Fsp3) is 0.526. The van der Waals surface area contributed by atoms with Crippen molar-refractivity contribution in [1.29, 1.82) is 0 Å². The first kappa shape index (κ1) is 19.0. The SMILES string of the molecule is CCc1ccccc1N1C[C@@H](C(=O)OCC(=O)NCC(C)C)CC1=O. The lowest BCUT2D eigenvalue weighted by molar-refractivity contribution is -0.152.